The second kappa shape index (κ2) is 8.76. The molecule has 1 aromatic rings. The summed E-state index contributed by atoms with van der Waals surface area (Å²) in [5.41, 5.74) is 2.50. The van der Waals surface area contributed by atoms with Crippen molar-refractivity contribution in [2.75, 3.05) is 19.7 Å². The van der Waals surface area contributed by atoms with Gasteiger partial charge in [0.15, 0.2) is 0 Å². The van der Waals surface area contributed by atoms with Crippen molar-refractivity contribution in [1.29, 1.82) is 0 Å². The Labute approximate surface area is 111 Å². The van der Waals surface area contributed by atoms with Crippen LogP contribution in [-0.4, -0.2) is 19.7 Å². The van der Waals surface area contributed by atoms with Crippen molar-refractivity contribution in [2.45, 2.75) is 33.6 Å². The van der Waals surface area contributed by atoms with Gasteiger partial charge in [-0.25, -0.2) is 0 Å². The Balaban J connectivity index is 2.68. The van der Waals surface area contributed by atoms with E-state index in [0.29, 0.717) is 0 Å². The molecule has 0 saturated heterocycles. The number of para-hydroxylation sites is 1. The Morgan fingerprint density at radius 2 is 2.06 bits per heavy atom. The van der Waals surface area contributed by atoms with Gasteiger partial charge >= 0.3 is 0 Å². The molecule has 1 N–H and O–H groups in total. The molecule has 0 spiro atoms. The molecular formula is C16H25NO. The highest BCUT2D eigenvalue weighted by atomic mass is 16.5. The molecule has 1 rings (SSSR count). The molecule has 0 heterocycles. The van der Waals surface area contributed by atoms with Gasteiger partial charge in [-0.15, -0.1) is 0 Å². The fourth-order valence-electron chi connectivity index (χ4n) is 1.81. The summed E-state index contributed by atoms with van der Waals surface area (Å²) >= 11 is 0. The van der Waals surface area contributed by atoms with E-state index in [9.17, 15) is 0 Å². The third kappa shape index (κ3) is 4.92. The molecule has 0 radical (unpaired) electrons. The van der Waals surface area contributed by atoms with Crippen LogP contribution >= 0.6 is 0 Å². The molecule has 0 aliphatic heterocycles. The highest BCUT2D eigenvalue weighted by Crippen LogP contribution is 2.25. The third-order valence-corrected chi connectivity index (χ3v) is 2.80. The van der Waals surface area contributed by atoms with E-state index < -0.39 is 0 Å². The Morgan fingerprint density at radius 1 is 1.28 bits per heavy atom. The largest absolute Gasteiger partial charge is 0.493 e. The van der Waals surface area contributed by atoms with E-state index >= 15 is 0 Å². The van der Waals surface area contributed by atoms with Crippen molar-refractivity contribution >= 4 is 5.57 Å². The van der Waals surface area contributed by atoms with E-state index in [1.54, 1.807) is 0 Å². The molecule has 0 amide bonds. The van der Waals surface area contributed by atoms with Crippen LogP contribution in [0.2, 0.25) is 0 Å². The number of allylic oxidation sites excluding steroid dienone is 1. The van der Waals surface area contributed by atoms with E-state index in [-0.39, 0.29) is 0 Å². The molecule has 100 valence electrons. The van der Waals surface area contributed by atoms with Gasteiger partial charge in [0.05, 0.1) is 6.61 Å². The van der Waals surface area contributed by atoms with Gasteiger partial charge in [0.25, 0.3) is 0 Å². The van der Waals surface area contributed by atoms with Crippen LogP contribution in [0.1, 0.15) is 39.2 Å². The number of hydrogen-bond donors (Lipinski definition) is 1. The van der Waals surface area contributed by atoms with Gasteiger partial charge < -0.3 is 10.1 Å². The van der Waals surface area contributed by atoms with Crippen LogP contribution in [0.5, 0.6) is 5.75 Å². The van der Waals surface area contributed by atoms with Gasteiger partial charge in [-0.05, 0) is 44.5 Å². The van der Waals surface area contributed by atoms with Crippen molar-refractivity contribution in [3.63, 3.8) is 0 Å². The summed E-state index contributed by atoms with van der Waals surface area (Å²) < 4.78 is 5.78. The van der Waals surface area contributed by atoms with E-state index in [1.807, 2.05) is 12.1 Å². The van der Waals surface area contributed by atoms with Crippen LogP contribution < -0.4 is 10.1 Å². The van der Waals surface area contributed by atoms with Gasteiger partial charge in [0.1, 0.15) is 5.75 Å². The average molecular weight is 247 g/mol. The minimum absolute atomic E-state index is 0.779. The molecule has 0 aromatic heterocycles. The first-order valence-electron chi connectivity index (χ1n) is 6.89. The SMILES string of the molecule is CCCOc1ccccc1/C(C)=C/CCNCC. The molecule has 0 saturated carbocycles. The smallest absolute Gasteiger partial charge is 0.126 e. The summed E-state index contributed by atoms with van der Waals surface area (Å²) in [6, 6.07) is 8.27. The first-order valence-corrected chi connectivity index (χ1v) is 6.89. The second-order valence-electron chi connectivity index (χ2n) is 4.37. The number of nitrogens with one attached hydrogen (secondary N) is 1. The highest BCUT2D eigenvalue weighted by molar-refractivity contribution is 5.68. The van der Waals surface area contributed by atoms with E-state index in [4.69, 9.17) is 4.74 Å². The van der Waals surface area contributed by atoms with Crippen LogP contribution in [0.15, 0.2) is 30.3 Å². The van der Waals surface area contributed by atoms with E-state index in [0.717, 1.165) is 38.3 Å². The van der Waals surface area contributed by atoms with E-state index in [1.165, 1.54) is 11.1 Å². The maximum Gasteiger partial charge on any atom is 0.126 e. The molecule has 18 heavy (non-hydrogen) atoms. The lowest BCUT2D eigenvalue weighted by molar-refractivity contribution is 0.316. The number of ether oxygens (including phenoxy) is 1. The first kappa shape index (κ1) is 14.8. The minimum atomic E-state index is 0.779. The van der Waals surface area contributed by atoms with Crippen LogP contribution in [0.4, 0.5) is 0 Å². The second-order valence-corrected chi connectivity index (χ2v) is 4.37. The predicted octanol–water partition coefficient (Wildman–Crippen LogP) is 3.88. The Morgan fingerprint density at radius 3 is 2.78 bits per heavy atom. The van der Waals surface area contributed by atoms with Crippen LogP contribution in [0, 0.1) is 0 Å². The highest BCUT2D eigenvalue weighted by Gasteiger charge is 2.03. The molecular weight excluding hydrogens is 222 g/mol. The lowest BCUT2D eigenvalue weighted by atomic mass is 10.1. The van der Waals surface area contributed by atoms with Gasteiger partial charge in [-0.3, -0.25) is 0 Å². The first-order chi connectivity index (χ1) is 8.79. The molecule has 1 aromatic carbocycles. The summed E-state index contributed by atoms with van der Waals surface area (Å²) in [5.74, 6) is 0.997. The lowest BCUT2D eigenvalue weighted by Crippen LogP contribution is -2.13. The van der Waals surface area contributed by atoms with Gasteiger partial charge in [0, 0.05) is 5.56 Å². The van der Waals surface area contributed by atoms with Crippen molar-refractivity contribution in [1.82, 2.24) is 5.32 Å². The van der Waals surface area contributed by atoms with Crippen molar-refractivity contribution in [2.24, 2.45) is 0 Å². The molecule has 2 heteroatoms. The number of hydrogen-bond acceptors (Lipinski definition) is 2. The summed E-state index contributed by atoms with van der Waals surface area (Å²) in [5, 5.41) is 3.33. The topological polar surface area (TPSA) is 21.3 Å². The van der Waals surface area contributed by atoms with Crippen molar-refractivity contribution < 1.29 is 4.74 Å². The van der Waals surface area contributed by atoms with Crippen LogP contribution in [0.25, 0.3) is 5.57 Å². The lowest BCUT2D eigenvalue weighted by Gasteiger charge is -2.11. The van der Waals surface area contributed by atoms with Crippen molar-refractivity contribution in [3.05, 3.63) is 35.9 Å². The molecule has 0 unspecified atom stereocenters. The zero-order valence-corrected chi connectivity index (χ0v) is 11.8. The monoisotopic (exact) mass is 247 g/mol. The number of benzene rings is 1. The Bertz CT molecular complexity index is 371. The fraction of sp³-hybridized carbons (Fsp3) is 0.500. The Kier molecular flexibility index (Phi) is 7.19. The molecule has 0 fully saturated rings. The van der Waals surface area contributed by atoms with Gasteiger partial charge in [-0.2, -0.15) is 0 Å². The quantitative estimate of drug-likeness (QED) is 0.704. The van der Waals surface area contributed by atoms with Gasteiger partial charge in [-0.1, -0.05) is 38.1 Å². The Hall–Kier alpha value is -1.28. The molecule has 0 aliphatic rings. The molecule has 0 aliphatic carbocycles. The third-order valence-electron chi connectivity index (χ3n) is 2.80. The standard InChI is InChI=1S/C16H25NO/c1-4-13-18-16-11-7-6-10-15(16)14(3)9-8-12-17-5-2/h6-7,9-11,17H,4-5,8,12-13H2,1-3H3/b14-9+. The van der Waals surface area contributed by atoms with Gasteiger partial charge in [0.2, 0.25) is 0 Å². The summed E-state index contributed by atoms with van der Waals surface area (Å²) in [4.78, 5) is 0. The zero-order valence-electron chi connectivity index (χ0n) is 11.8. The van der Waals surface area contributed by atoms with E-state index in [2.05, 4.69) is 44.3 Å². The van der Waals surface area contributed by atoms with Crippen LogP contribution in [-0.2, 0) is 0 Å². The molecule has 0 atom stereocenters. The summed E-state index contributed by atoms with van der Waals surface area (Å²) in [7, 11) is 0. The minimum Gasteiger partial charge on any atom is -0.493 e. The predicted molar refractivity (Wildman–Crippen MR) is 79.0 cm³/mol. The average Bonchev–Trinajstić information content (AvgIpc) is 2.41. The zero-order chi connectivity index (χ0) is 13.2. The summed E-state index contributed by atoms with van der Waals surface area (Å²) in [6.07, 6.45) is 4.37. The van der Waals surface area contributed by atoms with Crippen LogP contribution in [0.3, 0.4) is 0 Å². The molecule has 0 bridgehead atoms. The normalized spacial score (nSPS) is 11.6. The maximum atomic E-state index is 5.78. The van der Waals surface area contributed by atoms with Crippen molar-refractivity contribution in [3.8, 4) is 5.75 Å². The number of rotatable bonds is 8. The maximum absolute atomic E-state index is 5.78. The fourth-order valence-corrected chi connectivity index (χ4v) is 1.81. The molecule has 2 nitrogen and oxygen atoms in total. The summed E-state index contributed by atoms with van der Waals surface area (Å²) in [6.45, 7) is 9.25.